The first-order valence-electron chi connectivity index (χ1n) is 4.85. The number of halogens is 1. The maximum absolute atomic E-state index is 10.2. The van der Waals surface area contributed by atoms with Crippen LogP contribution in [0.4, 0.5) is 0 Å². The summed E-state index contributed by atoms with van der Waals surface area (Å²) < 4.78 is 10.6. The summed E-state index contributed by atoms with van der Waals surface area (Å²) in [5.41, 5.74) is 0.628. The number of hydrogen-bond donors (Lipinski definition) is 2. The van der Waals surface area contributed by atoms with E-state index in [4.69, 9.17) is 14.6 Å². The van der Waals surface area contributed by atoms with E-state index in [1.807, 2.05) is 0 Å². The largest absolute Gasteiger partial charge is 0.496 e. The van der Waals surface area contributed by atoms with Gasteiger partial charge < -0.3 is 19.7 Å². The summed E-state index contributed by atoms with van der Waals surface area (Å²) >= 11 is 3.30. The maximum Gasteiger partial charge on any atom is 0.329 e. The third kappa shape index (κ3) is 4.33. The second-order valence-corrected chi connectivity index (χ2v) is 4.17. The number of carbonyl (C=O) groups is 1. The van der Waals surface area contributed by atoms with Gasteiger partial charge in [0.05, 0.1) is 18.2 Å². The Labute approximate surface area is 107 Å². The van der Waals surface area contributed by atoms with Gasteiger partial charge in [-0.1, -0.05) is 6.07 Å². The minimum absolute atomic E-state index is 0.0644. The van der Waals surface area contributed by atoms with Crippen LogP contribution in [-0.2, 0) is 9.53 Å². The molecule has 1 unspecified atom stereocenters. The van der Waals surface area contributed by atoms with Crippen molar-refractivity contribution >= 4 is 21.9 Å². The number of carboxylic acid groups (broad SMARTS) is 1. The monoisotopic (exact) mass is 304 g/mol. The molecule has 5 nitrogen and oxygen atoms in total. The fraction of sp³-hybridized carbons (Fsp3) is 0.364. The molecule has 0 radical (unpaired) electrons. The van der Waals surface area contributed by atoms with Gasteiger partial charge in [0, 0.05) is 0 Å². The quantitative estimate of drug-likeness (QED) is 0.835. The van der Waals surface area contributed by atoms with Crippen molar-refractivity contribution < 1.29 is 24.5 Å². The van der Waals surface area contributed by atoms with Gasteiger partial charge in [-0.3, -0.25) is 0 Å². The molecule has 2 N–H and O–H groups in total. The molecule has 0 aliphatic carbocycles. The van der Waals surface area contributed by atoms with Gasteiger partial charge in [0.2, 0.25) is 0 Å². The molecule has 0 fully saturated rings. The van der Waals surface area contributed by atoms with Crippen LogP contribution < -0.4 is 4.74 Å². The smallest absolute Gasteiger partial charge is 0.329 e. The van der Waals surface area contributed by atoms with E-state index in [1.54, 1.807) is 25.3 Å². The summed E-state index contributed by atoms with van der Waals surface area (Å²) in [6.07, 6.45) is -0.864. The van der Waals surface area contributed by atoms with E-state index < -0.39 is 18.7 Å². The highest BCUT2D eigenvalue weighted by Gasteiger charge is 2.11. The lowest BCUT2D eigenvalue weighted by Gasteiger charge is -2.12. The van der Waals surface area contributed by atoms with Gasteiger partial charge >= 0.3 is 5.97 Å². The predicted octanol–water partition coefficient (Wildman–Crippen LogP) is 1.59. The molecule has 0 aliphatic rings. The Morgan fingerprint density at radius 1 is 1.53 bits per heavy atom. The van der Waals surface area contributed by atoms with Crippen molar-refractivity contribution in [1.29, 1.82) is 0 Å². The molecule has 94 valence electrons. The minimum atomic E-state index is -1.06. The molecule has 0 saturated heterocycles. The Kier molecular flexibility index (Phi) is 5.40. The highest BCUT2D eigenvalue weighted by Crippen LogP contribution is 2.28. The zero-order valence-corrected chi connectivity index (χ0v) is 10.8. The Morgan fingerprint density at radius 2 is 2.24 bits per heavy atom. The molecule has 0 heterocycles. The Morgan fingerprint density at radius 3 is 2.76 bits per heavy atom. The Bertz CT molecular complexity index is 393. The van der Waals surface area contributed by atoms with Gasteiger partial charge in [-0.05, 0) is 33.6 Å². The maximum atomic E-state index is 10.2. The molecule has 1 aromatic rings. The second kappa shape index (κ2) is 6.58. The number of ether oxygens (including phenoxy) is 2. The fourth-order valence-electron chi connectivity index (χ4n) is 1.24. The number of hydrogen-bond acceptors (Lipinski definition) is 4. The van der Waals surface area contributed by atoms with Gasteiger partial charge in [-0.2, -0.15) is 0 Å². The number of rotatable bonds is 6. The molecule has 1 aromatic carbocycles. The minimum Gasteiger partial charge on any atom is -0.496 e. The molecular weight excluding hydrogens is 292 g/mol. The number of benzene rings is 1. The van der Waals surface area contributed by atoms with Gasteiger partial charge in [0.15, 0.2) is 0 Å². The summed E-state index contributed by atoms with van der Waals surface area (Å²) in [6, 6.07) is 5.10. The summed E-state index contributed by atoms with van der Waals surface area (Å²) in [6.45, 7) is -0.487. The highest BCUT2D eigenvalue weighted by atomic mass is 79.9. The van der Waals surface area contributed by atoms with E-state index in [0.29, 0.717) is 11.3 Å². The summed E-state index contributed by atoms with van der Waals surface area (Å²) in [5.74, 6) is -0.402. The first kappa shape index (κ1) is 14.0. The molecule has 6 heteroatoms. The van der Waals surface area contributed by atoms with Crippen molar-refractivity contribution in [2.75, 3.05) is 20.3 Å². The van der Waals surface area contributed by atoms with Crippen LogP contribution in [0.2, 0.25) is 0 Å². The van der Waals surface area contributed by atoms with Crippen molar-refractivity contribution in [3.05, 3.63) is 28.2 Å². The highest BCUT2D eigenvalue weighted by molar-refractivity contribution is 9.10. The van der Waals surface area contributed by atoms with E-state index in [-0.39, 0.29) is 6.61 Å². The van der Waals surface area contributed by atoms with Gasteiger partial charge in [0.25, 0.3) is 0 Å². The number of aliphatic carboxylic acids is 1. The number of aliphatic hydroxyl groups is 1. The molecule has 0 aliphatic heterocycles. The number of carboxylic acids is 1. The molecule has 0 bridgehead atoms. The van der Waals surface area contributed by atoms with E-state index in [9.17, 15) is 9.90 Å². The van der Waals surface area contributed by atoms with Crippen LogP contribution in [0.5, 0.6) is 5.75 Å². The summed E-state index contributed by atoms with van der Waals surface area (Å²) in [7, 11) is 1.55. The van der Waals surface area contributed by atoms with E-state index in [2.05, 4.69) is 15.9 Å². The lowest BCUT2D eigenvalue weighted by atomic mass is 10.1. The van der Waals surface area contributed by atoms with Crippen LogP contribution in [0.15, 0.2) is 22.7 Å². The third-order valence-corrected chi connectivity index (χ3v) is 2.68. The lowest BCUT2D eigenvalue weighted by molar-refractivity contribution is -0.143. The van der Waals surface area contributed by atoms with Crippen LogP contribution >= 0.6 is 15.9 Å². The zero-order valence-electron chi connectivity index (χ0n) is 9.22. The molecule has 0 amide bonds. The van der Waals surface area contributed by atoms with Crippen molar-refractivity contribution in [2.45, 2.75) is 6.10 Å². The topological polar surface area (TPSA) is 76.0 Å². The van der Waals surface area contributed by atoms with Gasteiger partial charge in [-0.15, -0.1) is 0 Å². The molecular formula is C11H13BrO5. The van der Waals surface area contributed by atoms with Crippen LogP contribution in [0, 0.1) is 0 Å². The summed E-state index contributed by atoms with van der Waals surface area (Å²) in [5, 5.41) is 18.1. The molecule has 0 spiro atoms. The number of aliphatic hydroxyl groups excluding tert-OH is 1. The van der Waals surface area contributed by atoms with Crippen LogP contribution in [0.1, 0.15) is 11.7 Å². The predicted molar refractivity (Wildman–Crippen MR) is 64.1 cm³/mol. The second-order valence-electron chi connectivity index (χ2n) is 3.32. The van der Waals surface area contributed by atoms with E-state index in [1.165, 1.54) is 0 Å². The molecule has 1 atom stereocenters. The molecule has 17 heavy (non-hydrogen) atoms. The average molecular weight is 305 g/mol. The average Bonchev–Trinajstić information content (AvgIpc) is 2.28. The standard InChI is InChI=1S/C11H13BrO5/c1-16-10-3-2-7(4-8(10)12)9(13)5-17-6-11(14)15/h2-4,9,13H,5-6H2,1H3,(H,14,15). The van der Waals surface area contributed by atoms with Crippen molar-refractivity contribution in [3.8, 4) is 5.75 Å². The van der Waals surface area contributed by atoms with Crippen molar-refractivity contribution in [3.63, 3.8) is 0 Å². The van der Waals surface area contributed by atoms with E-state index in [0.717, 1.165) is 4.47 Å². The fourth-order valence-corrected chi connectivity index (χ4v) is 1.80. The lowest BCUT2D eigenvalue weighted by Crippen LogP contribution is -2.13. The van der Waals surface area contributed by atoms with E-state index >= 15 is 0 Å². The van der Waals surface area contributed by atoms with Crippen LogP contribution in [-0.4, -0.2) is 36.5 Å². The molecule has 1 rings (SSSR count). The zero-order chi connectivity index (χ0) is 12.8. The Balaban J connectivity index is 2.59. The first-order valence-corrected chi connectivity index (χ1v) is 5.65. The first-order chi connectivity index (χ1) is 8.04. The molecule has 0 saturated carbocycles. The third-order valence-electron chi connectivity index (χ3n) is 2.06. The van der Waals surface area contributed by atoms with Crippen molar-refractivity contribution in [1.82, 2.24) is 0 Å². The summed E-state index contributed by atoms with van der Waals surface area (Å²) in [4.78, 5) is 10.2. The van der Waals surface area contributed by atoms with Gasteiger partial charge in [0.1, 0.15) is 18.5 Å². The van der Waals surface area contributed by atoms with Crippen molar-refractivity contribution in [2.24, 2.45) is 0 Å². The number of methoxy groups -OCH3 is 1. The van der Waals surface area contributed by atoms with Crippen LogP contribution in [0.25, 0.3) is 0 Å². The SMILES string of the molecule is COc1ccc(C(O)COCC(=O)O)cc1Br. The Hall–Kier alpha value is -1.11. The van der Waals surface area contributed by atoms with Crippen LogP contribution in [0.3, 0.4) is 0 Å². The normalized spacial score (nSPS) is 12.2. The molecule has 0 aromatic heterocycles. The van der Waals surface area contributed by atoms with Gasteiger partial charge in [-0.25, -0.2) is 4.79 Å².